The fraction of sp³-hybridized carbons (Fsp3) is 0.235. The third kappa shape index (κ3) is 3.03. The van der Waals surface area contributed by atoms with Crippen molar-refractivity contribution < 1.29 is 18.7 Å². The Morgan fingerprint density at radius 2 is 2.14 bits per heavy atom. The second kappa shape index (κ2) is 6.05. The van der Waals surface area contributed by atoms with Crippen LogP contribution in [-0.2, 0) is 11.4 Å². The zero-order valence-electron chi connectivity index (χ0n) is 12.1. The van der Waals surface area contributed by atoms with E-state index in [-0.39, 0.29) is 18.3 Å². The lowest BCUT2D eigenvalue weighted by atomic mass is 10.2. The Labute approximate surface area is 127 Å². The van der Waals surface area contributed by atoms with Crippen molar-refractivity contribution in [3.63, 3.8) is 0 Å². The number of nitrogens with one attached hydrogen (secondary N) is 1. The van der Waals surface area contributed by atoms with Crippen LogP contribution < -0.4 is 14.8 Å². The van der Waals surface area contributed by atoms with Gasteiger partial charge in [-0.2, -0.15) is 0 Å². The lowest BCUT2D eigenvalue weighted by Crippen LogP contribution is -2.36. The van der Waals surface area contributed by atoms with Crippen LogP contribution in [0, 0.1) is 5.82 Å². The number of fused-ring (bicyclic) bond motifs is 1. The Bertz CT molecular complexity index is 702. The second-order valence-electron chi connectivity index (χ2n) is 5.08. The first kappa shape index (κ1) is 14.4. The highest BCUT2D eigenvalue weighted by Crippen LogP contribution is 2.33. The molecular weight excluding hydrogens is 285 g/mol. The zero-order valence-corrected chi connectivity index (χ0v) is 12.1. The third-order valence-corrected chi connectivity index (χ3v) is 3.44. The maximum Gasteiger partial charge on any atom is 0.265 e. The predicted octanol–water partition coefficient (Wildman–Crippen LogP) is 3.51. The van der Waals surface area contributed by atoms with Gasteiger partial charge in [0.15, 0.2) is 6.10 Å². The van der Waals surface area contributed by atoms with Crippen molar-refractivity contribution in [3.05, 3.63) is 53.8 Å². The Morgan fingerprint density at radius 3 is 2.91 bits per heavy atom. The molecule has 3 rings (SSSR count). The summed E-state index contributed by atoms with van der Waals surface area (Å²) < 4.78 is 24.3. The summed E-state index contributed by atoms with van der Waals surface area (Å²) in [6.45, 7) is 2.15. The number of anilines is 1. The normalized spacial score (nSPS) is 16.5. The summed E-state index contributed by atoms with van der Waals surface area (Å²) >= 11 is 0. The maximum absolute atomic E-state index is 13.1. The molecule has 1 aliphatic heterocycles. The number of carbonyl (C=O) groups is 1. The van der Waals surface area contributed by atoms with Crippen LogP contribution >= 0.6 is 0 Å². The fourth-order valence-corrected chi connectivity index (χ4v) is 2.28. The van der Waals surface area contributed by atoms with E-state index in [2.05, 4.69) is 5.32 Å². The number of hydrogen-bond donors (Lipinski definition) is 1. The van der Waals surface area contributed by atoms with Gasteiger partial charge >= 0.3 is 0 Å². The summed E-state index contributed by atoms with van der Waals surface area (Å²) in [6, 6.07) is 11.5. The Morgan fingerprint density at radius 1 is 1.27 bits per heavy atom. The first-order valence-electron chi connectivity index (χ1n) is 7.14. The Kier molecular flexibility index (Phi) is 3.96. The SMILES string of the molecule is CC[C@H]1Oc2ccc(OCc3cccc(F)c3)cc2NC1=O. The Hall–Kier alpha value is -2.56. The summed E-state index contributed by atoms with van der Waals surface area (Å²) in [6.07, 6.45) is 0.162. The van der Waals surface area contributed by atoms with E-state index in [1.54, 1.807) is 30.3 Å². The van der Waals surface area contributed by atoms with Gasteiger partial charge in [-0.1, -0.05) is 19.1 Å². The molecule has 0 saturated heterocycles. The van der Waals surface area contributed by atoms with Crippen LogP contribution in [-0.4, -0.2) is 12.0 Å². The molecule has 2 aromatic carbocycles. The molecule has 5 heteroatoms. The molecule has 0 bridgehead atoms. The molecule has 1 heterocycles. The average molecular weight is 301 g/mol. The van der Waals surface area contributed by atoms with Crippen LogP contribution in [0.5, 0.6) is 11.5 Å². The first-order valence-corrected chi connectivity index (χ1v) is 7.14. The van der Waals surface area contributed by atoms with Crippen molar-refractivity contribution in [2.75, 3.05) is 5.32 Å². The smallest absolute Gasteiger partial charge is 0.265 e. The van der Waals surface area contributed by atoms with E-state index in [1.165, 1.54) is 12.1 Å². The quantitative estimate of drug-likeness (QED) is 0.940. The van der Waals surface area contributed by atoms with Crippen LogP contribution in [0.15, 0.2) is 42.5 Å². The standard InChI is InChI=1S/C17H16FNO3/c1-2-15-17(20)19-14-9-13(6-7-16(14)22-15)21-10-11-4-3-5-12(18)8-11/h3-9,15H,2,10H2,1H3,(H,19,20)/t15-/m1/s1. The van der Waals surface area contributed by atoms with Gasteiger partial charge in [-0.25, -0.2) is 4.39 Å². The number of carbonyl (C=O) groups excluding carboxylic acids is 1. The van der Waals surface area contributed by atoms with E-state index >= 15 is 0 Å². The van der Waals surface area contributed by atoms with Crippen molar-refractivity contribution in [3.8, 4) is 11.5 Å². The van der Waals surface area contributed by atoms with Crippen LogP contribution in [0.2, 0.25) is 0 Å². The van der Waals surface area contributed by atoms with Gasteiger partial charge in [-0.15, -0.1) is 0 Å². The average Bonchev–Trinajstić information content (AvgIpc) is 2.52. The summed E-state index contributed by atoms with van der Waals surface area (Å²) in [7, 11) is 0. The van der Waals surface area contributed by atoms with Gasteiger partial charge in [0.25, 0.3) is 5.91 Å². The van der Waals surface area contributed by atoms with Crippen molar-refractivity contribution in [2.24, 2.45) is 0 Å². The molecule has 0 aliphatic carbocycles. The molecule has 0 saturated carbocycles. The molecule has 4 nitrogen and oxygen atoms in total. The lowest BCUT2D eigenvalue weighted by molar-refractivity contribution is -0.123. The predicted molar refractivity (Wildman–Crippen MR) is 80.5 cm³/mol. The second-order valence-corrected chi connectivity index (χ2v) is 5.08. The van der Waals surface area contributed by atoms with Crippen LogP contribution in [0.1, 0.15) is 18.9 Å². The number of rotatable bonds is 4. The van der Waals surface area contributed by atoms with E-state index in [4.69, 9.17) is 9.47 Å². The van der Waals surface area contributed by atoms with E-state index in [0.29, 0.717) is 23.6 Å². The lowest BCUT2D eigenvalue weighted by Gasteiger charge is -2.25. The third-order valence-electron chi connectivity index (χ3n) is 3.44. The van der Waals surface area contributed by atoms with Crippen molar-refractivity contribution in [1.29, 1.82) is 0 Å². The van der Waals surface area contributed by atoms with Gasteiger partial charge in [-0.05, 0) is 36.2 Å². The number of amides is 1. The molecule has 0 aromatic heterocycles. The van der Waals surface area contributed by atoms with Crippen molar-refractivity contribution in [2.45, 2.75) is 26.1 Å². The van der Waals surface area contributed by atoms with Gasteiger partial charge < -0.3 is 14.8 Å². The number of benzene rings is 2. The number of hydrogen-bond acceptors (Lipinski definition) is 3. The fourth-order valence-electron chi connectivity index (χ4n) is 2.28. The summed E-state index contributed by atoms with van der Waals surface area (Å²) in [5.41, 5.74) is 1.33. The van der Waals surface area contributed by atoms with Gasteiger partial charge in [0.05, 0.1) is 5.69 Å². The topological polar surface area (TPSA) is 47.6 Å². The molecule has 114 valence electrons. The van der Waals surface area contributed by atoms with Gasteiger partial charge in [0.1, 0.15) is 23.9 Å². The molecule has 0 spiro atoms. The highest BCUT2D eigenvalue weighted by Gasteiger charge is 2.26. The van der Waals surface area contributed by atoms with Crippen LogP contribution in [0.3, 0.4) is 0 Å². The first-order chi connectivity index (χ1) is 10.7. The summed E-state index contributed by atoms with van der Waals surface area (Å²) in [5, 5.41) is 2.80. The molecule has 0 radical (unpaired) electrons. The summed E-state index contributed by atoms with van der Waals surface area (Å²) in [5.74, 6) is 0.765. The number of ether oxygens (including phenoxy) is 2. The minimum atomic E-state index is -0.452. The molecule has 0 unspecified atom stereocenters. The minimum Gasteiger partial charge on any atom is -0.489 e. The van der Waals surface area contributed by atoms with E-state index in [9.17, 15) is 9.18 Å². The van der Waals surface area contributed by atoms with E-state index in [0.717, 1.165) is 5.56 Å². The van der Waals surface area contributed by atoms with Gasteiger partial charge in [0.2, 0.25) is 0 Å². The number of halogens is 1. The largest absolute Gasteiger partial charge is 0.489 e. The molecule has 1 amide bonds. The molecular formula is C17H16FNO3. The van der Waals surface area contributed by atoms with Crippen LogP contribution in [0.25, 0.3) is 0 Å². The van der Waals surface area contributed by atoms with Gasteiger partial charge in [-0.3, -0.25) is 4.79 Å². The highest BCUT2D eigenvalue weighted by molar-refractivity contribution is 5.97. The Balaban J connectivity index is 1.71. The molecule has 22 heavy (non-hydrogen) atoms. The molecule has 1 aliphatic rings. The molecule has 1 N–H and O–H groups in total. The van der Waals surface area contributed by atoms with Crippen LogP contribution in [0.4, 0.5) is 10.1 Å². The van der Waals surface area contributed by atoms with Crippen molar-refractivity contribution >= 4 is 11.6 Å². The molecule has 2 aromatic rings. The monoisotopic (exact) mass is 301 g/mol. The highest BCUT2D eigenvalue weighted by atomic mass is 19.1. The molecule has 1 atom stereocenters. The molecule has 0 fully saturated rings. The minimum absolute atomic E-state index is 0.155. The maximum atomic E-state index is 13.1. The zero-order chi connectivity index (χ0) is 15.5. The van der Waals surface area contributed by atoms with Gasteiger partial charge in [0, 0.05) is 6.07 Å². The van der Waals surface area contributed by atoms with E-state index < -0.39 is 6.10 Å². The van der Waals surface area contributed by atoms with E-state index in [1.807, 2.05) is 6.92 Å². The van der Waals surface area contributed by atoms with Crippen molar-refractivity contribution in [1.82, 2.24) is 0 Å². The summed E-state index contributed by atoms with van der Waals surface area (Å²) in [4.78, 5) is 11.8.